The number of aromatic nitrogens is 3. The lowest BCUT2D eigenvalue weighted by Crippen LogP contribution is -2.13. The fraction of sp³-hybridized carbons (Fsp3) is 0.250. The van der Waals surface area contributed by atoms with Gasteiger partial charge in [-0.15, -0.1) is 21.5 Å². The number of carbonyl (C=O) groups is 1. The van der Waals surface area contributed by atoms with Gasteiger partial charge in [0.15, 0.2) is 5.13 Å². The maximum absolute atomic E-state index is 12.4. The van der Waals surface area contributed by atoms with Gasteiger partial charge in [-0.1, -0.05) is 54.2 Å². The summed E-state index contributed by atoms with van der Waals surface area (Å²) in [5, 5.41) is 12.0. The molecule has 2 heterocycles. The second-order valence-electron chi connectivity index (χ2n) is 7.29. The van der Waals surface area contributed by atoms with Crippen molar-refractivity contribution in [3.63, 3.8) is 0 Å². The third-order valence-electron chi connectivity index (χ3n) is 4.88. The molecule has 2 aromatic carbocycles. The molecule has 2 aromatic heterocycles. The van der Waals surface area contributed by atoms with Crippen LogP contribution in [-0.4, -0.2) is 34.0 Å². The zero-order chi connectivity index (χ0) is 23.0. The Kier molecular flexibility index (Phi) is 7.74. The molecule has 0 aliphatic rings. The lowest BCUT2D eigenvalue weighted by atomic mass is 10.1. The Morgan fingerprint density at radius 1 is 1.09 bits per heavy atom. The Balaban J connectivity index is 1.22. The normalized spacial score (nSPS) is 10.8. The molecule has 0 saturated carbocycles. The molecule has 4 rings (SSSR count). The first-order chi connectivity index (χ1) is 16.1. The molecule has 7 nitrogen and oxygen atoms in total. The number of rotatable bonds is 10. The van der Waals surface area contributed by atoms with Crippen molar-refractivity contribution >= 4 is 34.1 Å². The number of benzene rings is 2. The minimum atomic E-state index is -0.160. The Morgan fingerprint density at radius 3 is 2.64 bits per heavy atom. The Morgan fingerprint density at radius 2 is 1.88 bits per heavy atom. The minimum absolute atomic E-state index is 0.160. The first-order valence-corrected chi connectivity index (χ1v) is 12.3. The number of aryl methyl sites for hydroxylation is 3. The summed E-state index contributed by atoms with van der Waals surface area (Å²) in [5.41, 5.74) is 3.15. The molecule has 1 N–H and O–H groups in total. The van der Waals surface area contributed by atoms with E-state index in [4.69, 9.17) is 9.15 Å². The topological polar surface area (TPSA) is 90.1 Å². The van der Waals surface area contributed by atoms with Crippen LogP contribution in [0, 0.1) is 6.92 Å². The highest BCUT2D eigenvalue weighted by molar-refractivity contribution is 7.99. The van der Waals surface area contributed by atoms with E-state index >= 15 is 0 Å². The van der Waals surface area contributed by atoms with E-state index in [1.807, 2.05) is 49.4 Å². The number of thiazole rings is 1. The molecular formula is C24H24N4O3S2. The van der Waals surface area contributed by atoms with Gasteiger partial charge in [0.05, 0.1) is 18.6 Å². The second kappa shape index (κ2) is 11.1. The standard InChI is InChI=1S/C24H24N4O3S2/c1-16-22(18-8-4-3-5-9-18)26-23(33-16)25-20(29)15-32-24-28-27-21(31-24)10-6-7-17-11-13-19(30-2)14-12-17/h3-5,8-9,11-14H,6-7,10,15H2,1-2H3,(H,25,26,29). The summed E-state index contributed by atoms with van der Waals surface area (Å²) in [6.07, 6.45) is 2.49. The fourth-order valence-electron chi connectivity index (χ4n) is 3.23. The summed E-state index contributed by atoms with van der Waals surface area (Å²) in [4.78, 5) is 18.0. The first kappa shape index (κ1) is 23.0. The molecule has 4 aromatic rings. The van der Waals surface area contributed by atoms with Gasteiger partial charge >= 0.3 is 0 Å². The van der Waals surface area contributed by atoms with Gasteiger partial charge in [0.25, 0.3) is 5.22 Å². The van der Waals surface area contributed by atoms with Crippen molar-refractivity contribution in [1.82, 2.24) is 15.2 Å². The van der Waals surface area contributed by atoms with Gasteiger partial charge in [0.1, 0.15) is 5.75 Å². The van der Waals surface area contributed by atoms with E-state index in [0.29, 0.717) is 22.7 Å². The van der Waals surface area contributed by atoms with Crippen LogP contribution >= 0.6 is 23.1 Å². The van der Waals surface area contributed by atoms with Crippen LogP contribution in [-0.2, 0) is 17.6 Å². The number of hydrogen-bond donors (Lipinski definition) is 1. The SMILES string of the molecule is COc1ccc(CCCc2nnc(SCC(=O)Nc3nc(-c4ccccc4)c(C)s3)o2)cc1. The van der Waals surface area contributed by atoms with Crippen molar-refractivity contribution in [2.75, 3.05) is 18.2 Å². The molecule has 0 atom stereocenters. The number of carbonyl (C=O) groups excluding carboxylic acids is 1. The zero-order valence-electron chi connectivity index (χ0n) is 18.4. The van der Waals surface area contributed by atoms with E-state index < -0.39 is 0 Å². The van der Waals surface area contributed by atoms with Gasteiger partial charge in [-0.3, -0.25) is 4.79 Å². The van der Waals surface area contributed by atoms with E-state index in [1.165, 1.54) is 28.7 Å². The lowest BCUT2D eigenvalue weighted by Gasteiger charge is -2.02. The summed E-state index contributed by atoms with van der Waals surface area (Å²) in [6, 6.07) is 17.9. The number of nitrogens with one attached hydrogen (secondary N) is 1. The van der Waals surface area contributed by atoms with Crippen LogP contribution in [0.2, 0.25) is 0 Å². The summed E-state index contributed by atoms with van der Waals surface area (Å²) in [7, 11) is 1.66. The van der Waals surface area contributed by atoms with E-state index in [-0.39, 0.29) is 11.7 Å². The molecule has 0 spiro atoms. The second-order valence-corrected chi connectivity index (χ2v) is 9.42. The average molecular weight is 481 g/mol. The number of methoxy groups -OCH3 is 1. The van der Waals surface area contributed by atoms with Crippen LogP contribution in [0.25, 0.3) is 11.3 Å². The maximum Gasteiger partial charge on any atom is 0.277 e. The number of anilines is 1. The van der Waals surface area contributed by atoms with Crippen LogP contribution in [0.1, 0.15) is 22.8 Å². The number of nitrogens with zero attached hydrogens (tertiary/aromatic N) is 3. The number of ether oxygens (including phenoxy) is 1. The van der Waals surface area contributed by atoms with Crippen molar-refractivity contribution in [3.05, 3.63) is 70.9 Å². The number of amides is 1. The highest BCUT2D eigenvalue weighted by Gasteiger charge is 2.14. The van der Waals surface area contributed by atoms with Crippen LogP contribution in [0.5, 0.6) is 5.75 Å². The third-order valence-corrected chi connectivity index (χ3v) is 6.59. The maximum atomic E-state index is 12.4. The highest BCUT2D eigenvalue weighted by atomic mass is 32.2. The highest BCUT2D eigenvalue weighted by Crippen LogP contribution is 2.30. The van der Waals surface area contributed by atoms with Crippen molar-refractivity contribution < 1.29 is 13.9 Å². The van der Waals surface area contributed by atoms with Gasteiger partial charge < -0.3 is 14.5 Å². The summed E-state index contributed by atoms with van der Waals surface area (Å²) < 4.78 is 10.8. The summed E-state index contributed by atoms with van der Waals surface area (Å²) in [6.45, 7) is 2.00. The van der Waals surface area contributed by atoms with Crippen LogP contribution in [0.15, 0.2) is 64.2 Å². The molecule has 0 unspecified atom stereocenters. The number of hydrogen-bond acceptors (Lipinski definition) is 8. The molecule has 0 bridgehead atoms. The zero-order valence-corrected chi connectivity index (χ0v) is 20.0. The number of thioether (sulfide) groups is 1. The predicted octanol–water partition coefficient (Wildman–Crippen LogP) is 5.42. The summed E-state index contributed by atoms with van der Waals surface area (Å²) in [5.74, 6) is 1.44. The molecule has 0 saturated heterocycles. The molecule has 1 amide bonds. The molecule has 33 heavy (non-hydrogen) atoms. The summed E-state index contributed by atoms with van der Waals surface area (Å²) >= 11 is 2.68. The molecule has 0 radical (unpaired) electrons. The lowest BCUT2D eigenvalue weighted by molar-refractivity contribution is -0.113. The minimum Gasteiger partial charge on any atom is -0.497 e. The fourth-order valence-corrected chi connectivity index (χ4v) is 4.66. The van der Waals surface area contributed by atoms with Crippen LogP contribution in [0.4, 0.5) is 5.13 Å². The van der Waals surface area contributed by atoms with Gasteiger partial charge in [0.2, 0.25) is 11.8 Å². The quantitative estimate of drug-likeness (QED) is 0.303. The van der Waals surface area contributed by atoms with Gasteiger partial charge in [0, 0.05) is 16.9 Å². The van der Waals surface area contributed by atoms with E-state index in [9.17, 15) is 4.79 Å². The first-order valence-electron chi connectivity index (χ1n) is 10.5. The third kappa shape index (κ3) is 6.43. The molecule has 170 valence electrons. The van der Waals surface area contributed by atoms with Crippen molar-refractivity contribution in [3.8, 4) is 17.0 Å². The monoisotopic (exact) mass is 480 g/mol. The van der Waals surface area contributed by atoms with Crippen LogP contribution in [0.3, 0.4) is 0 Å². The average Bonchev–Trinajstić information content (AvgIpc) is 3.44. The predicted molar refractivity (Wildman–Crippen MR) is 131 cm³/mol. The molecule has 0 fully saturated rings. The van der Waals surface area contributed by atoms with Gasteiger partial charge in [-0.25, -0.2) is 4.98 Å². The molecule has 0 aliphatic heterocycles. The Hall–Kier alpha value is -3.17. The molecule has 9 heteroatoms. The van der Waals surface area contributed by atoms with Crippen molar-refractivity contribution in [2.45, 2.75) is 31.4 Å². The van der Waals surface area contributed by atoms with E-state index in [1.54, 1.807) is 7.11 Å². The largest absolute Gasteiger partial charge is 0.497 e. The molecular weight excluding hydrogens is 456 g/mol. The van der Waals surface area contributed by atoms with Gasteiger partial charge in [-0.2, -0.15) is 0 Å². The van der Waals surface area contributed by atoms with Crippen LogP contribution < -0.4 is 10.1 Å². The van der Waals surface area contributed by atoms with Gasteiger partial charge in [-0.05, 0) is 37.5 Å². The smallest absolute Gasteiger partial charge is 0.277 e. The van der Waals surface area contributed by atoms with Crippen molar-refractivity contribution in [1.29, 1.82) is 0 Å². The Bertz CT molecular complexity index is 1190. The Labute approximate surface area is 200 Å². The van der Waals surface area contributed by atoms with Crippen molar-refractivity contribution in [2.24, 2.45) is 0 Å². The van der Waals surface area contributed by atoms with E-state index in [2.05, 4.69) is 32.6 Å². The molecule has 0 aliphatic carbocycles. The van der Waals surface area contributed by atoms with E-state index in [0.717, 1.165) is 34.7 Å².